The Morgan fingerprint density at radius 1 is 1.25 bits per heavy atom. The van der Waals surface area contributed by atoms with Gasteiger partial charge in [-0.1, -0.05) is 52.3 Å². The van der Waals surface area contributed by atoms with Gasteiger partial charge in [-0.05, 0) is 50.2 Å². The molecule has 0 bridgehead atoms. The van der Waals surface area contributed by atoms with E-state index in [0.717, 1.165) is 11.1 Å². The molecule has 1 rings (SSSR count). The molecule has 108 valence electrons. The molecule has 0 saturated heterocycles. The summed E-state index contributed by atoms with van der Waals surface area (Å²) in [7, 11) is 0. The van der Waals surface area contributed by atoms with Gasteiger partial charge in [-0.15, -0.1) is 0 Å². The second kappa shape index (κ2) is 7.44. The van der Waals surface area contributed by atoms with Crippen LogP contribution >= 0.6 is 15.9 Å². The van der Waals surface area contributed by atoms with Crippen LogP contribution in [0.25, 0.3) is 5.57 Å². The van der Waals surface area contributed by atoms with Crippen LogP contribution in [0.2, 0.25) is 0 Å². The van der Waals surface area contributed by atoms with Crippen molar-refractivity contribution in [2.45, 2.75) is 39.7 Å². The molecule has 0 aromatic heterocycles. The summed E-state index contributed by atoms with van der Waals surface area (Å²) in [4.78, 5) is 14.1. The minimum atomic E-state index is -0.489. The number of carbonyl (C=O) groups is 1. The Morgan fingerprint density at radius 3 is 2.35 bits per heavy atom. The summed E-state index contributed by atoms with van der Waals surface area (Å²) in [6.45, 7) is 7.58. The normalized spacial score (nSPS) is 13.2. The Morgan fingerprint density at radius 2 is 1.85 bits per heavy atom. The van der Waals surface area contributed by atoms with Gasteiger partial charge < -0.3 is 4.74 Å². The molecule has 0 aliphatic heterocycles. The first-order valence-electron chi connectivity index (χ1n) is 6.59. The van der Waals surface area contributed by atoms with E-state index in [9.17, 15) is 4.79 Å². The van der Waals surface area contributed by atoms with E-state index in [1.54, 1.807) is 4.99 Å². The Labute approximate surface area is 129 Å². The average molecular weight is 337 g/mol. The number of allylic oxidation sites excluding steroid dienone is 2. The third kappa shape index (κ3) is 5.33. The van der Waals surface area contributed by atoms with Gasteiger partial charge in [0, 0.05) is 5.57 Å². The summed E-state index contributed by atoms with van der Waals surface area (Å²) in [6.07, 6.45) is 2.44. The van der Waals surface area contributed by atoms with Crippen LogP contribution in [-0.4, -0.2) is 11.6 Å². The molecule has 1 aromatic rings. The standard InChI is InChI=1S/C17H21BrO2/c1-13(14-9-6-5-7-10-14)15(11-8-12-18)16(19)20-17(2,3)4/h5-10,12H,11H2,1-4H3/b12-8-,15-13-. The molecule has 0 spiro atoms. The molecule has 0 aliphatic rings. The zero-order valence-corrected chi connectivity index (χ0v) is 14.0. The molecule has 1 aromatic carbocycles. The highest BCUT2D eigenvalue weighted by Crippen LogP contribution is 2.24. The van der Waals surface area contributed by atoms with Crippen molar-refractivity contribution in [1.82, 2.24) is 0 Å². The molecule has 0 unspecified atom stereocenters. The number of hydrogen-bond acceptors (Lipinski definition) is 2. The monoisotopic (exact) mass is 336 g/mol. The second-order valence-corrected chi connectivity index (χ2v) is 6.07. The first-order valence-corrected chi connectivity index (χ1v) is 7.50. The molecule has 0 aliphatic carbocycles. The highest BCUT2D eigenvalue weighted by molar-refractivity contribution is 9.11. The van der Waals surface area contributed by atoms with E-state index in [4.69, 9.17) is 4.74 Å². The van der Waals surface area contributed by atoms with Gasteiger partial charge in [0.2, 0.25) is 0 Å². The predicted octanol–water partition coefficient (Wildman–Crippen LogP) is 5.10. The minimum absolute atomic E-state index is 0.260. The van der Waals surface area contributed by atoms with Crippen molar-refractivity contribution in [2.75, 3.05) is 0 Å². The second-order valence-electron chi connectivity index (χ2n) is 5.54. The number of esters is 1. The largest absolute Gasteiger partial charge is 0.457 e. The van der Waals surface area contributed by atoms with E-state index < -0.39 is 5.60 Å². The van der Waals surface area contributed by atoms with Crippen molar-refractivity contribution in [3.05, 3.63) is 52.5 Å². The minimum Gasteiger partial charge on any atom is -0.457 e. The lowest BCUT2D eigenvalue weighted by atomic mass is 9.99. The maximum Gasteiger partial charge on any atom is 0.335 e. The van der Waals surface area contributed by atoms with Gasteiger partial charge in [0.1, 0.15) is 5.60 Å². The van der Waals surface area contributed by atoms with Crippen LogP contribution < -0.4 is 0 Å². The molecule has 3 heteroatoms. The van der Waals surface area contributed by atoms with E-state index in [0.29, 0.717) is 12.0 Å². The van der Waals surface area contributed by atoms with Crippen molar-refractivity contribution in [3.63, 3.8) is 0 Å². The van der Waals surface area contributed by atoms with Crippen LogP contribution in [-0.2, 0) is 9.53 Å². The van der Waals surface area contributed by atoms with E-state index in [1.807, 2.05) is 64.1 Å². The molecule has 2 nitrogen and oxygen atoms in total. The fourth-order valence-corrected chi connectivity index (χ4v) is 1.94. The van der Waals surface area contributed by atoms with E-state index in [1.165, 1.54) is 0 Å². The summed E-state index contributed by atoms with van der Waals surface area (Å²) in [6, 6.07) is 9.88. The van der Waals surface area contributed by atoms with Crippen molar-refractivity contribution in [1.29, 1.82) is 0 Å². The molecule has 0 saturated carbocycles. The zero-order valence-electron chi connectivity index (χ0n) is 12.4. The highest BCUT2D eigenvalue weighted by Gasteiger charge is 2.21. The SMILES string of the molecule is C/C(=C(\C/C=C\Br)C(=O)OC(C)(C)C)c1ccccc1. The van der Waals surface area contributed by atoms with Crippen LogP contribution in [0, 0.1) is 0 Å². The maximum atomic E-state index is 12.4. The number of carbonyl (C=O) groups excluding carboxylic acids is 1. The third-order valence-electron chi connectivity index (χ3n) is 2.72. The van der Waals surface area contributed by atoms with Crippen molar-refractivity contribution in [3.8, 4) is 0 Å². The summed E-state index contributed by atoms with van der Waals surface area (Å²) in [5, 5.41) is 0. The maximum absolute atomic E-state index is 12.4. The third-order valence-corrected chi connectivity index (χ3v) is 3.09. The van der Waals surface area contributed by atoms with Gasteiger partial charge in [0.25, 0.3) is 0 Å². The molecule has 0 fully saturated rings. The smallest absolute Gasteiger partial charge is 0.335 e. The summed E-state index contributed by atoms with van der Waals surface area (Å²) < 4.78 is 5.49. The predicted molar refractivity (Wildman–Crippen MR) is 87.6 cm³/mol. The van der Waals surface area contributed by atoms with Crippen LogP contribution in [0.3, 0.4) is 0 Å². The van der Waals surface area contributed by atoms with Gasteiger partial charge >= 0.3 is 5.97 Å². The number of ether oxygens (including phenoxy) is 1. The first kappa shape index (κ1) is 16.7. The van der Waals surface area contributed by atoms with E-state index in [-0.39, 0.29) is 5.97 Å². The average Bonchev–Trinajstić information content (AvgIpc) is 2.38. The van der Waals surface area contributed by atoms with Gasteiger partial charge in [-0.3, -0.25) is 0 Å². The Hall–Kier alpha value is -1.35. The molecular formula is C17H21BrO2. The van der Waals surface area contributed by atoms with Crippen molar-refractivity contribution < 1.29 is 9.53 Å². The molecule has 0 heterocycles. The summed E-state index contributed by atoms with van der Waals surface area (Å²) >= 11 is 3.24. The van der Waals surface area contributed by atoms with Crippen LogP contribution in [0.5, 0.6) is 0 Å². The first-order chi connectivity index (χ1) is 9.35. The van der Waals surface area contributed by atoms with Gasteiger partial charge in [0.05, 0.1) is 0 Å². The van der Waals surface area contributed by atoms with E-state index >= 15 is 0 Å². The lowest BCUT2D eigenvalue weighted by Gasteiger charge is -2.21. The number of hydrogen-bond donors (Lipinski definition) is 0. The highest BCUT2D eigenvalue weighted by atomic mass is 79.9. The Bertz CT molecular complexity index is 508. The molecule has 0 atom stereocenters. The number of benzene rings is 1. The molecule has 20 heavy (non-hydrogen) atoms. The molecule has 0 amide bonds. The fourth-order valence-electron chi connectivity index (χ4n) is 1.75. The van der Waals surface area contributed by atoms with Crippen molar-refractivity contribution in [2.24, 2.45) is 0 Å². The fraction of sp³-hybridized carbons (Fsp3) is 0.353. The topological polar surface area (TPSA) is 26.3 Å². The number of rotatable bonds is 4. The van der Waals surface area contributed by atoms with E-state index in [2.05, 4.69) is 15.9 Å². The molecule has 0 radical (unpaired) electrons. The molecule has 0 N–H and O–H groups in total. The van der Waals surface area contributed by atoms with Gasteiger partial charge in [-0.2, -0.15) is 0 Å². The van der Waals surface area contributed by atoms with Gasteiger partial charge in [0.15, 0.2) is 0 Å². The van der Waals surface area contributed by atoms with Gasteiger partial charge in [-0.25, -0.2) is 4.79 Å². The summed E-state index contributed by atoms with van der Waals surface area (Å²) in [5.41, 5.74) is 2.18. The number of halogens is 1. The lowest BCUT2D eigenvalue weighted by molar-refractivity contribution is -0.149. The van der Waals surface area contributed by atoms with Crippen LogP contribution in [0.15, 0.2) is 47.0 Å². The summed E-state index contributed by atoms with van der Waals surface area (Å²) in [5.74, 6) is -0.260. The van der Waals surface area contributed by atoms with Crippen LogP contribution in [0.4, 0.5) is 0 Å². The lowest BCUT2D eigenvalue weighted by Crippen LogP contribution is -2.25. The Balaban J connectivity index is 3.14. The molecular weight excluding hydrogens is 316 g/mol. The van der Waals surface area contributed by atoms with Crippen LogP contribution in [0.1, 0.15) is 39.7 Å². The van der Waals surface area contributed by atoms with Crippen molar-refractivity contribution >= 4 is 27.5 Å². The quantitative estimate of drug-likeness (QED) is 0.564. The zero-order chi connectivity index (χ0) is 15.2. The Kier molecular flexibility index (Phi) is 6.21.